The number of guanidine groups is 1. The molecule has 0 unspecified atom stereocenters. The fourth-order valence-electron chi connectivity index (χ4n) is 2.48. The van der Waals surface area contributed by atoms with E-state index in [0.717, 1.165) is 32.0 Å². The van der Waals surface area contributed by atoms with Crippen molar-refractivity contribution < 1.29 is 0 Å². The molecule has 1 aromatic rings. The highest BCUT2D eigenvalue weighted by molar-refractivity contribution is 14.0. The summed E-state index contributed by atoms with van der Waals surface area (Å²) in [5.41, 5.74) is 2.65. The molecule has 6 heteroatoms. The summed E-state index contributed by atoms with van der Waals surface area (Å²) in [5, 5.41) is 6.64. The Bertz CT molecular complexity index is 457. The highest BCUT2D eigenvalue weighted by Crippen LogP contribution is 2.19. The highest BCUT2D eigenvalue weighted by atomic mass is 127. The summed E-state index contributed by atoms with van der Waals surface area (Å²) in [7, 11) is 0. The van der Waals surface area contributed by atoms with Crippen molar-refractivity contribution in [1.82, 2.24) is 10.6 Å². The van der Waals surface area contributed by atoms with Gasteiger partial charge in [-0.25, -0.2) is 0 Å². The molecule has 21 heavy (non-hydrogen) atoms. The molecule has 3 rings (SSSR count). The predicted molar refractivity (Wildman–Crippen MR) is 103 cm³/mol. The van der Waals surface area contributed by atoms with E-state index >= 15 is 0 Å². The number of thioether (sulfide) groups is 1. The fraction of sp³-hybridized carbons (Fsp3) is 0.533. The van der Waals surface area contributed by atoms with E-state index in [4.69, 9.17) is 0 Å². The number of nitrogens with one attached hydrogen (secondary N) is 2. The van der Waals surface area contributed by atoms with E-state index in [1.165, 1.54) is 35.8 Å². The zero-order valence-corrected chi connectivity index (χ0v) is 15.3. The minimum Gasteiger partial charge on any atom is -0.370 e. The molecule has 2 heterocycles. The summed E-state index contributed by atoms with van der Waals surface area (Å²) in [5.74, 6) is 3.43. The standard InChI is InChI=1S/C15H22N4S.HI/c1-6-16-15(17-7-1)18-12-13-2-4-14(5-3-13)19-8-10-20-11-9-19;/h2-5H,1,6-12H2,(H2,16,17,18);1H. The van der Waals surface area contributed by atoms with Crippen molar-refractivity contribution in [3.05, 3.63) is 29.8 Å². The van der Waals surface area contributed by atoms with Crippen LogP contribution in [0.15, 0.2) is 29.3 Å². The number of aliphatic imine (C=N–C) groups is 1. The summed E-state index contributed by atoms with van der Waals surface area (Å²) >= 11 is 2.05. The molecule has 4 nitrogen and oxygen atoms in total. The molecule has 0 amide bonds. The van der Waals surface area contributed by atoms with Crippen LogP contribution in [-0.4, -0.2) is 43.6 Å². The first-order valence-corrected chi connectivity index (χ1v) is 8.51. The minimum atomic E-state index is 0. The molecule has 1 fully saturated rings. The molecule has 0 aliphatic carbocycles. The van der Waals surface area contributed by atoms with Crippen molar-refractivity contribution in [1.29, 1.82) is 0 Å². The molecule has 116 valence electrons. The van der Waals surface area contributed by atoms with E-state index in [9.17, 15) is 0 Å². The van der Waals surface area contributed by atoms with Crippen LogP contribution in [0.3, 0.4) is 0 Å². The fourth-order valence-corrected chi connectivity index (χ4v) is 3.39. The lowest BCUT2D eigenvalue weighted by Gasteiger charge is -2.28. The third-order valence-electron chi connectivity index (χ3n) is 3.67. The van der Waals surface area contributed by atoms with Crippen LogP contribution in [0.1, 0.15) is 12.0 Å². The van der Waals surface area contributed by atoms with Crippen LogP contribution in [0.2, 0.25) is 0 Å². The number of rotatable bonds is 3. The maximum absolute atomic E-state index is 4.42. The smallest absolute Gasteiger partial charge is 0.191 e. The summed E-state index contributed by atoms with van der Waals surface area (Å²) < 4.78 is 0. The lowest BCUT2D eigenvalue weighted by Crippen LogP contribution is -2.40. The molecule has 2 aliphatic heterocycles. The van der Waals surface area contributed by atoms with Crippen LogP contribution in [0.4, 0.5) is 5.69 Å². The predicted octanol–water partition coefficient (Wildman–Crippen LogP) is 2.30. The maximum atomic E-state index is 4.42. The number of halogens is 1. The van der Waals surface area contributed by atoms with Crippen LogP contribution >= 0.6 is 35.7 Å². The topological polar surface area (TPSA) is 39.7 Å². The Morgan fingerprint density at radius 2 is 1.95 bits per heavy atom. The van der Waals surface area contributed by atoms with E-state index in [-0.39, 0.29) is 24.0 Å². The second-order valence-electron chi connectivity index (χ2n) is 5.13. The molecule has 1 saturated heterocycles. The van der Waals surface area contributed by atoms with Gasteiger partial charge >= 0.3 is 0 Å². The first-order chi connectivity index (χ1) is 9.92. The van der Waals surface area contributed by atoms with Gasteiger partial charge in [-0.1, -0.05) is 12.1 Å². The Hall–Kier alpha value is -0.630. The van der Waals surface area contributed by atoms with E-state index in [1.807, 2.05) is 11.8 Å². The maximum Gasteiger partial charge on any atom is 0.191 e. The highest BCUT2D eigenvalue weighted by Gasteiger charge is 2.10. The number of anilines is 1. The van der Waals surface area contributed by atoms with Gasteiger partial charge in [0.25, 0.3) is 0 Å². The Labute approximate surface area is 148 Å². The summed E-state index contributed by atoms with van der Waals surface area (Å²) in [6.45, 7) is 5.13. The third-order valence-corrected chi connectivity index (χ3v) is 4.61. The van der Waals surface area contributed by atoms with Crippen LogP contribution in [0.5, 0.6) is 0 Å². The molecule has 0 bridgehead atoms. The quantitative estimate of drug-likeness (QED) is 0.740. The Balaban J connectivity index is 0.00000161. The van der Waals surface area contributed by atoms with Gasteiger partial charge in [0.2, 0.25) is 0 Å². The van der Waals surface area contributed by atoms with Crippen LogP contribution in [0, 0.1) is 0 Å². The van der Waals surface area contributed by atoms with Gasteiger partial charge in [-0.2, -0.15) is 11.8 Å². The molecule has 1 aromatic carbocycles. The van der Waals surface area contributed by atoms with Gasteiger partial charge in [-0.15, -0.1) is 24.0 Å². The van der Waals surface area contributed by atoms with Crippen molar-refractivity contribution in [3.8, 4) is 0 Å². The first kappa shape index (κ1) is 16.7. The molecule has 0 aromatic heterocycles. The summed E-state index contributed by atoms with van der Waals surface area (Å²) in [6, 6.07) is 8.91. The Morgan fingerprint density at radius 1 is 1.19 bits per heavy atom. The molecule has 0 saturated carbocycles. The lowest BCUT2D eigenvalue weighted by molar-refractivity contribution is 0.702. The van der Waals surface area contributed by atoms with Crippen LogP contribution in [-0.2, 0) is 6.54 Å². The van der Waals surface area contributed by atoms with E-state index in [2.05, 4.69) is 44.8 Å². The third kappa shape index (κ3) is 4.95. The second kappa shape index (κ2) is 8.73. The minimum absolute atomic E-state index is 0. The molecule has 2 aliphatic rings. The van der Waals surface area contributed by atoms with Crippen molar-refractivity contribution in [2.75, 3.05) is 42.6 Å². The number of hydrogen-bond acceptors (Lipinski definition) is 5. The van der Waals surface area contributed by atoms with Crippen molar-refractivity contribution in [2.24, 2.45) is 4.99 Å². The van der Waals surface area contributed by atoms with Crippen molar-refractivity contribution >= 4 is 47.4 Å². The molecule has 0 atom stereocenters. The summed E-state index contributed by atoms with van der Waals surface area (Å²) in [6.07, 6.45) is 1.13. The second-order valence-corrected chi connectivity index (χ2v) is 6.35. The molecule has 2 N–H and O–H groups in total. The average molecular weight is 418 g/mol. The largest absolute Gasteiger partial charge is 0.370 e. The zero-order valence-electron chi connectivity index (χ0n) is 12.2. The summed E-state index contributed by atoms with van der Waals surface area (Å²) in [4.78, 5) is 6.89. The van der Waals surface area contributed by atoms with Crippen molar-refractivity contribution in [3.63, 3.8) is 0 Å². The van der Waals surface area contributed by atoms with E-state index < -0.39 is 0 Å². The Kier molecular flexibility index (Phi) is 6.95. The first-order valence-electron chi connectivity index (χ1n) is 7.36. The SMILES string of the molecule is I.c1cc(N2CCSCC2)ccc1CNC1=NCCCN1. The number of hydrogen-bond donors (Lipinski definition) is 2. The molecular weight excluding hydrogens is 395 g/mol. The molecule has 0 spiro atoms. The van der Waals surface area contributed by atoms with Gasteiger partial charge in [0.1, 0.15) is 0 Å². The van der Waals surface area contributed by atoms with Gasteiger partial charge in [0.15, 0.2) is 5.96 Å². The van der Waals surface area contributed by atoms with Gasteiger partial charge in [0.05, 0.1) is 0 Å². The monoisotopic (exact) mass is 418 g/mol. The van der Waals surface area contributed by atoms with Crippen molar-refractivity contribution in [2.45, 2.75) is 13.0 Å². The lowest BCUT2D eigenvalue weighted by atomic mass is 10.2. The number of benzene rings is 1. The molecule has 0 radical (unpaired) electrons. The van der Waals surface area contributed by atoms with Crippen LogP contribution < -0.4 is 15.5 Å². The van der Waals surface area contributed by atoms with E-state index in [0.29, 0.717) is 0 Å². The normalized spacial score (nSPS) is 18.3. The molecular formula is C15H23IN4S. The zero-order chi connectivity index (χ0) is 13.6. The average Bonchev–Trinajstić information content (AvgIpc) is 2.55. The number of nitrogens with zero attached hydrogens (tertiary/aromatic N) is 2. The van der Waals surface area contributed by atoms with Gasteiger partial charge in [-0.05, 0) is 24.1 Å². The Morgan fingerprint density at radius 3 is 2.62 bits per heavy atom. The van der Waals surface area contributed by atoms with Crippen LogP contribution in [0.25, 0.3) is 0 Å². The van der Waals surface area contributed by atoms with Gasteiger partial charge in [0, 0.05) is 49.9 Å². The van der Waals surface area contributed by atoms with Gasteiger partial charge < -0.3 is 15.5 Å². The van der Waals surface area contributed by atoms with Gasteiger partial charge in [-0.3, -0.25) is 4.99 Å². The van der Waals surface area contributed by atoms with E-state index in [1.54, 1.807) is 0 Å².